The number of nitrogens with zero attached hydrogens (tertiary/aromatic N) is 4. The molecule has 0 bridgehead atoms. The number of aromatic amines is 1. The first-order valence-electron chi connectivity index (χ1n) is 6.12. The molecule has 0 aliphatic carbocycles. The highest BCUT2D eigenvalue weighted by atomic mass is 16.2. The monoisotopic (exact) mass is 292 g/mol. The molecule has 0 radical (unpaired) electrons. The zero-order valence-corrected chi connectivity index (χ0v) is 12.0. The molecule has 3 N–H and O–H groups in total. The topological polar surface area (TPSA) is 119 Å². The van der Waals surface area contributed by atoms with Gasteiger partial charge in [-0.25, -0.2) is 4.79 Å². The number of carbonyl (C=O) groups is 1. The second kappa shape index (κ2) is 5.27. The van der Waals surface area contributed by atoms with Gasteiger partial charge >= 0.3 is 5.69 Å². The van der Waals surface area contributed by atoms with Gasteiger partial charge in [-0.15, -0.1) is 0 Å². The molecule has 9 heteroatoms. The first-order valence-corrected chi connectivity index (χ1v) is 6.12. The van der Waals surface area contributed by atoms with Gasteiger partial charge in [0.05, 0.1) is 24.0 Å². The number of amides is 1. The second-order valence-electron chi connectivity index (χ2n) is 4.77. The largest absolute Gasteiger partial charge is 0.396 e. The van der Waals surface area contributed by atoms with Crippen molar-refractivity contribution in [2.45, 2.75) is 6.54 Å². The van der Waals surface area contributed by atoms with E-state index in [0.29, 0.717) is 5.56 Å². The van der Waals surface area contributed by atoms with Crippen LogP contribution in [0.3, 0.4) is 0 Å². The van der Waals surface area contributed by atoms with Gasteiger partial charge in [0.1, 0.15) is 5.69 Å². The number of nitrogens with two attached hydrogens (primary N) is 1. The van der Waals surface area contributed by atoms with E-state index in [2.05, 4.69) is 10.2 Å². The summed E-state index contributed by atoms with van der Waals surface area (Å²) in [6.07, 6.45) is 2.76. The van der Waals surface area contributed by atoms with Crippen LogP contribution in [0.4, 0.5) is 5.69 Å². The molecule has 0 spiro atoms. The molecule has 1 amide bonds. The Morgan fingerprint density at radius 2 is 2.10 bits per heavy atom. The third-order valence-electron chi connectivity index (χ3n) is 3.15. The van der Waals surface area contributed by atoms with Crippen molar-refractivity contribution in [2.24, 2.45) is 14.1 Å². The predicted molar refractivity (Wildman–Crippen MR) is 75.7 cm³/mol. The number of anilines is 1. The lowest BCUT2D eigenvalue weighted by Gasteiger charge is -2.17. The Morgan fingerprint density at radius 1 is 1.43 bits per heavy atom. The van der Waals surface area contributed by atoms with E-state index in [-0.39, 0.29) is 23.8 Å². The highest BCUT2D eigenvalue weighted by Crippen LogP contribution is 2.10. The fourth-order valence-electron chi connectivity index (χ4n) is 1.98. The molecule has 112 valence electrons. The zero-order chi connectivity index (χ0) is 15.7. The molecule has 0 saturated heterocycles. The number of rotatable bonds is 3. The number of nitrogens with one attached hydrogen (secondary N) is 1. The van der Waals surface area contributed by atoms with E-state index in [4.69, 9.17) is 5.73 Å². The van der Waals surface area contributed by atoms with Crippen LogP contribution in [0.2, 0.25) is 0 Å². The third kappa shape index (κ3) is 2.57. The van der Waals surface area contributed by atoms with Crippen molar-refractivity contribution in [3.05, 3.63) is 44.5 Å². The number of aromatic nitrogens is 4. The Bertz CT molecular complexity index is 800. The SMILES string of the molecule is CN(Cc1cn(C)c(=O)n(C)c1=O)C(=O)c1[nH]ncc1N. The van der Waals surface area contributed by atoms with Crippen LogP contribution < -0.4 is 17.0 Å². The number of carbonyl (C=O) groups excluding carboxylic acids is 1. The van der Waals surface area contributed by atoms with Crippen LogP contribution in [0.5, 0.6) is 0 Å². The van der Waals surface area contributed by atoms with Crippen molar-refractivity contribution >= 4 is 11.6 Å². The van der Waals surface area contributed by atoms with E-state index >= 15 is 0 Å². The molecule has 0 saturated carbocycles. The minimum atomic E-state index is -0.435. The van der Waals surface area contributed by atoms with Crippen molar-refractivity contribution in [3.63, 3.8) is 0 Å². The van der Waals surface area contributed by atoms with E-state index in [1.54, 1.807) is 7.05 Å². The molecule has 0 aliphatic rings. The minimum Gasteiger partial charge on any atom is -0.396 e. The first kappa shape index (κ1) is 14.6. The van der Waals surface area contributed by atoms with Crippen LogP contribution in [0.25, 0.3) is 0 Å². The van der Waals surface area contributed by atoms with Crippen LogP contribution in [0.15, 0.2) is 22.0 Å². The first-order chi connectivity index (χ1) is 9.82. The molecule has 0 aliphatic heterocycles. The summed E-state index contributed by atoms with van der Waals surface area (Å²) in [4.78, 5) is 37.1. The fraction of sp³-hybridized carbons (Fsp3) is 0.333. The lowest BCUT2D eigenvalue weighted by Crippen LogP contribution is -2.40. The summed E-state index contributed by atoms with van der Waals surface area (Å²) in [5.74, 6) is -0.388. The van der Waals surface area contributed by atoms with Gasteiger partial charge in [-0.05, 0) is 0 Å². The Morgan fingerprint density at radius 3 is 2.67 bits per heavy atom. The number of aryl methyl sites for hydroxylation is 1. The van der Waals surface area contributed by atoms with Crippen LogP contribution >= 0.6 is 0 Å². The summed E-state index contributed by atoms with van der Waals surface area (Å²) < 4.78 is 2.29. The average Bonchev–Trinajstić information content (AvgIpc) is 2.87. The maximum atomic E-state index is 12.2. The summed E-state index contributed by atoms with van der Waals surface area (Å²) in [6, 6.07) is 0. The van der Waals surface area contributed by atoms with E-state index in [1.807, 2.05) is 0 Å². The van der Waals surface area contributed by atoms with Gasteiger partial charge in [0.25, 0.3) is 11.5 Å². The molecule has 9 nitrogen and oxygen atoms in total. The van der Waals surface area contributed by atoms with Crippen molar-refractivity contribution in [1.29, 1.82) is 0 Å². The fourth-order valence-corrected chi connectivity index (χ4v) is 1.98. The summed E-state index contributed by atoms with van der Waals surface area (Å²) in [6.45, 7) is 0.0537. The molecule has 0 aromatic carbocycles. The van der Waals surface area contributed by atoms with Gasteiger partial charge in [0.2, 0.25) is 0 Å². The molecule has 0 unspecified atom stereocenters. The number of hydrogen-bond acceptors (Lipinski definition) is 5. The molecule has 21 heavy (non-hydrogen) atoms. The van der Waals surface area contributed by atoms with Crippen LogP contribution in [-0.4, -0.2) is 37.2 Å². The standard InChI is InChI=1S/C12H16N6O3/c1-16(11(20)9-8(13)4-14-15-9)5-7-6-17(2)12(21)18(3)10(7)19/h4,6H,5,13H2,1-3H3,(H,14,15). The summed E-state index contributed by atoms with van der Waals surface area (Å²) in [5.41, 5.74) is 5.49. The van der Waals surface area contributed by atoms with E-state index in [0.717, 1.165) is 4.57 Å². The van der Waals surface area contributed by atoms with Gasteiger partial charge in [0.15, 0.2) is 0 Å². The molecule has 2 rings (SSSR count). The molecular weight excluding hydrogens is 276 g/mol. The van der Waals surface area contributed by atoms with Crippen molar-refractivity contribution in [3.8, 4) is 0 Å². The second-order valence-corrected chi connectivity index (χ2v) is 4.77. The molecule has 2 aromatic rings. The number of nitrogen functional groups attached to an aromatic ring is 1. The molecule has 2 heterocycles. The van der Waals surface area contributed by atoms with Crippen LogP contribution in [0, 0.1) is 0 Å². The summed E-state index contributed by atoms with van der Waals surface area (Å²) in [5, 5.41) is 6.19. The summed E-state index contributed by atoms with van der Waals surface area (Å²) >= 11 is 0. The van der Waals surface area contributed by atoms with Gasteiger partial charge in [-0.3, -0.25) is 19.3 Å². The summed E-state index contributed by atoms with van der Waals surface area (Å²) in [7, 11) is 4.47. The van der Waals surface area contributed by atoms with Gasteiger partial charge < -0.3 is 15.2 Å². The Labute approximate surface area is 119 Å². The lowest BCUT2D eigenvalue weighted by atomic mass is 10.2. The van der Waals surface area contributed by atoms with Crippen molar-refractivity contribution < 1.29 is 4.79 Å². The van der Waals surface area contributed by atoms with Crippen molar-refractivity contribution in [2.75, 3.05) is 12.8 Å². The third-order valence-corrected chi connectivity index (χ3v) is 3.15. The van der Waals surface area contributed by atoms with Gasteiger partial charge in [-0.2, -0.15) is 5.10 Å². The zero-order valence-electron chi connectivity index (χ0n) is 12.0. The van der Waals surface area contributed by atoms with Crippen LogP contribution in [-0.2, 0) is 20.6 Å². The Hall–Kier alpha value is -2.84. The molecule has 0 atom stereocenters. The predicted octanol–water partition coefficient (Wildman–Crippen LogP) is -1.34. The quantitative estimate of drug-likeness (QED) is 0.726. The van der Waals surface area contributed by atoms with E-state index < -0.39 is 11.2 Å². The van der Waals surface area contributed by atoms with Crippen molar-refractivity contribution in [1.82, 2.24) is 24.2 Å². The maximum Gasteiger partial charge on any atom is 0.330 e. The Balaban J connectivity index is 2.31. The lowest BCUT2D eigenvalue weighted by molar-refractivity contribution is 0.0779. The number of H-pyrrole nitrogens is 1. The molecule has 2 aromatic heterocycles. The smallest absolute Gasteiger partial charge is 0.330 e. The van der Waals surface area contributed by atoms with Gasteiger partial charge in [-0.1, -0.05) is 0 Å². The van der Waals surface area contributed by atoms with E-state index in [9.17, 15) is 14.4 Å². The highest BCUT2D eigenvalue weighted by molar-refractivity contribution is 5.96. The van der Waals surface area contributed by atoms with Gasteiger partial charge in [0, 0.05) is 27.3 Å². The average molecular weight is 292 g/mol. The highest BCUT2D eigenvalue weighted by Gasteiger charge is 2.18. The number of hydrogen-bond donors (Lipinski definition) is 2. The normalized spacial score (nSPS) is 10.6. The van der Waals surface area contributed by atoms with E-state index in [1.165, 1.54) is 36.0 Å². The van der Waals surface area contributed by atoms with Crippen LogP contribution in [0.1, 0.15) is 16.1 Å². The Kier molecular flexibility index (Phi) is 3.66. The minimum absolute atomic E-state index is 0.0537. The molecular formula is C12H16N6O3. The molecule has 0 fully saturated rings. The maximum absolute atomic E-state index is 12.2.